The predicted octanol–water partition coefficient (Wildman–Crippen LogP) is 1.68. The van der Waals surface area contributed by atoms with Crippen LogP contribution in [0.3, 0.4) is 0 Å². The molecular formula is C13H17ClN2O3S2. The first-order chi connectivity index (χ1) is 9.81. The molecule has 2 unspecified atom stereocenters. The number of ether oxygens (including phenoxy) is 1. The number of sulfonamides is 1. The van der Waals surface area contributed by atoms with Crippen molar-refractivity contribution in [1.82, 2.24) is 4.72 Å². The zero-order valence-corrected chi connectivity index (χ0v) is 13.9. The Morgan fingerprint density at radius 1 is 1.57 bits per heavy atom. The Morgan fingerprint density at radius 3 is 2.86 bits per heavy atom. The molecule has 0 radical (unpaired) electrons. The normalized spacial score (nSPS) is 20.4. The molecule has 0 spiro atoms. The summed E-state index contributed by atoms with van der Waals surface area (Å²) in [4.78, 5) is 0.112. The van der Waals surface area contributed by atoms with Crippen LogP contribution in [-0.2, 0) is 14.8 Å². The van der Waals surface area contributed by atoms with E-state index >= 15 is 0 Å². The van der Waals surface area contributed by atoms with Crippen molar-refractivity contribution < 1.29 is 13.2 Å². The van der Waals surface area contributed by atoms with Gasteiger partial charge in [-0.15, -0.1) is 0 Å². The summed E-state index contributed by atoms with van der Waals surface area (Å²) in [6.45, 7) is 3.04. The van der Waals surface area contributed by atoms with E-state index in [2.05, 4.69) is 4.72 Å². The van der Waals surface area contributed by atoms with Crippen LogP contribution in [0.15, 0.2) is 23.1 Å². The molecule has 1 aliphatic heterocycles. The average molecular weight is 349 g/mol. The molecule has 8 heteroatoms. The van der Waals surface area contributed by atoms with Crippen molar-refractivity contribution in [2.24, 2.45) is 11.7 Å². The van der Waals surface area contributed by atoms with Gasteiger partial charge in [-0.05, 0) is 25.5 Å². The van der Waals surface area contributed by atoms with Crippen molar-refractivity contribution >= 4 is 38.8 Å². The molecule has 2 atom stereocenters. The Morgan fingerprint density at radius 2 is 2.29 bits per heavy atom. The van der Waals surface area contributed by atoms with Crippen molar-refractivity contribution in [3.63, 3.8) is 0 Å². The third kappa shape index (κ3) is 3.92. The van der Waals surface area contributed by atoms with E-state index in [4.69, 9.17) is 34.3 Å². The molecule has 0 amide bonds. The van der Waals surface area contributed by atoms with Gasteiger partial charge in [0.1, 0.15) is 9.88 Å². The zero-order valence-electron chi connectivity index (χ0n) is 11.5. The third-order valence-electron chi connectivity index (χ3n) is 3.52. The summed E-state index contributed by atoms with van der Waals surface area (Å²) >= 11 is 10.9. The van der Waals surface area contributed by atoms with Gasteiger partial charge in [0.25, 0.3) is 0 Å². The van der Waals surface area contributed by atoms with Crippen molar-refractivity contribution in [3.05, 3.63) is 28.8 Å². The summed E-state index contributed by atoms with van der Waals surface area (Å²) in [5.74, 6) is 0.164. The molecule has 0 aliphatic carbocycles. The Bertz CT molecular complexity index is 643. The monoisotopic (exact) mass is 348 g/mol. The van der Waals surface area contributed by atoms with Crippen LogP contribution in [0.25, 0.3) is 0 Å². The highest BCUT2D eigenvalue weighted by Gasteiger charge is 2.28. The van der Waals surface area contributed by atoms with E-state index in [1.54, 1.807) is 6.07 Å². The van der Waals surface area contributed by atoms with E-state index in [-0.39, 0.29) is 26.9 Å². The summed E-state index contributed by atoms with van der Waals surface area (Å²) in [7, 11) is -3.74. The standard InChI is InChI=1S/C13H17ClN2O3S2/c1-8(10-4-5-19-7-10)16-21(17,18)12-6-9(13(15)20)2-3-11(12)14/h2-3,6,8,10,16H,4-5,7H2,1H3,(H2,15,20). The maximum atomic E-state index is 12.5. The number of nitrogens with two attached hydrogens (primary N) is 1. The first-order valence-corrected chi connectivity index (χ1v) is 8.77. The molecule has 21 heavy (non-hydrogen) atoms. The van der Waals surface area contributed by atoms with Gasteiger partial charge in [-0.1, -0.05) is 29.9 Å². The van der Waals surface area contributed by atoms with Gasteiger partial charge >= 0.3 is 0 Å². The Labute approximate surface area is 134 Å². The number of thiocarbonyl (C=S) groups is 1. The van der Waals surface area contributed by atoms with Gasteiger partial charge in [-0.3, -0.25) is 0 Å². The first-order valence-electron chi connectivity index (χ1n) is 6.50. The Balaban J connectivity index is 2.26. The molecule has 3 N–H and O–H groups in total. The molecule has 116 valence electrons. The van der Waals surface area contributed by atoms with Crippen LogP contribution in [0.1, 0.15) is 18.9 Å². The van der Waals surface area contributed by atoms with Crippen molar-refractivity contribution in [3.8, 4) is 0 Å². The van der Waals surface area contributed by atoms with E-state index in [0.717, 1.165) is 6.42 Å². The van der Waals surface area contributed by atoms with E-state index < -0.39 is 10.0 Å². The van der Waals surface area contributed by atoms with E-state index in [1.165, 1.54) is 12.1 Å². The number of halogens is 1. The Hall–Kier alpha value is -0.730. The molecule has 0 bridgehead atoms. The predicted molar refractivity (Wildman–Crippen MR) is 86.0 cm³/mol. The lowest BCUT2D eigenvalue weighted by Crippen LogP contribution is -2.38. The minimum absolute atomic E-state index is 0.0137. The van der Waals surface area contributed by atoms with E-state index in [0.29, 0.717) is 18.8 Å². The lowest BCUT2D eigenvalue weighted by molar-refractivity contribution is 0.180. The highest BCUT2D eigenvalue weighted by atomic mass is 35.5. The Kier molecular flexibility index (Phi) is 5.21. The van der Waals surface area contributed by atoms with Gasteiger partial charge in [0, 0.05) is 24.1 Å². The maximum absolute atomic E-state index is 12.5. The average Bonchev–Trinajstić information content (AvgIpc) is 2.92. The fraction of sp³-hybridized carbons (Fsp3) is 0.462. The molecule has 1 heterocycles. The van der Waals surface area contributed by atoms with Crippen molar-refractivity contribution in [1.29, 1.82) is 0 Å². The number of nitrogens with one attached hydrogen (secondary N) is 1. The molecule has 1 aromatic rings. The fourth-order valence-electron chi connectivity index (χ4n) is 2.21. The van der Waals surface area contributed by atoms with Crippen LogP contribution in [-0.4, -0.2) is 32.7 Å². The lowest BCUT2D eigenvalue weighted by Gasteiger charge is -2.19. The number of benzene rings is 1. The summed E-state index contributed by atoms with van der Waals surface area (Å²) in [6, 6.07) is 4.23. The molecule has 1 aromatic carbocycles. The largest absolute Gasteiger partial charge is 0.389 e. The second-order valence-electron chi connectivity index (χ2n) is 5.04. The molecule has 5 nitrogen and oxygen atoms in total. The summed E-state index contributed by atoms with van der Waals surface area (Å²) in [5.41, 5.74) is 6.00. The number of hydrogen-bond donors (Lipinski definition) is 2. The van der Waals surface area contributed by atoms with Crippen LogP contribution in [0, 0.1) is 5.92 Å². The van der Waals surface area contributed by atoms with Crippen LogP contribution in [0.2, 0.25) is 5.02 Å². The fourth-order valence-corrected chi connectivity index (χ4v) is 4.18. The minimum atomic E-state index is -3.74. The molecule has 0 aromatic heterocycles. The SMILES string of the molecule is CC(NS(=O)(=O)c1cc(C(N)=S)ccc1Cl)C1CCOC1. The molecule has 1 aliphatic rings. The van der Waals surface area contributed by atoms with Gasteiger partial charge in [0.05, 0.1) is 11.6 Å². The second-order valence-corrected chi connectivity index (χ2v) is 7.57. The molecule has 2 rings (SSSR count). The number of hydrogen-bond acceptors (Lipinski definition) is 4. The molecule has 1 saturated heterocycles. The van der Waals surface area contributed by atoms with Gasteiger partial charge in [0.2, 0.25) is 10.0 Å². The number of rotatable bonds is 5. The summed E-state index contributed by atoms with van der Waals surface area (Å²) < 4.78 is 32.9. The second kappa shape index (κ2) is 6.58. The molecular weight excluding hydrogens is 332 g/mol. The zero-order chi connectivity index (χ0) is 15.6. The molecule has 1 fully saturated rings. The first kappa shape index (κ1) is 16.6. The quantitative estimate of drug-likeness (QED) is 0.791. The lowest BCUT2D eigenvalue weighted by atomic mass is 10.0. The summed E-state index contributed by atoms with van der Waals surface area (Å²) in [6.07, 6.45) is 0.838. The van der Waals surface area contributed by atoms with Gasteiger partial charge in [0.15, 0.2) is 0 Å². The van der Waals surface area contributed by atoms with Crippen LogP contribution >= 0.6 is 23.8 Å². The highest BCUT2D eigenvalue weighted by molar-refractivity contribution is 7.89. The van der Waals surface area contributed by atoms with E-state index in [9.17, 15) is 8.42 Å². The van der Waals surface area contributed by atoms with Crippen LogP contribution in [0.4, 0.5) is 0 Å². The van der Waals surface area contributed by atoms with Crippen molar-refractivity contribution in [2.45, 2.75) is 24.3 Å². The van der Waals surface area contributed by atoms with E-state index in [1.807, 2.05) is 6.92 Å². The third-order valence-corrected chi connectivity index (χ3v) is 5.79. The summed E-state index contributed by atoms with van der Waals surface area (Å²) in [5, 5.41) is 0.136. The van der Waals surface area contributed by atoms with Gasteiger partial charge in [-0.25, -0.2) is 13.1 Å². The van der Waals surface area contributed by atoms with Crippen LogP contribution in [0.5, 0.6) is 0 Å². The topological polar surface area (TPSA) is 81.4 Å². The maximum Gasteiger partial charge on any atom is 0.242 e. The smallest absolute Gasteiger partial charge is 0.242 e. The van der Waals surface area contributed by atoms with Gasteiger partial charge in [-0.2, -0.15) is 0 Å². The van der Waals surface area contributed by atoms with Gasteiger partial charge < -0.3 is 10.5 Å². The van der Waals surface area contributed by atoms with Crippen LogP contribution < -0.4 is 10.5 Å². The molecule has 0 saturated carbocycles. The highest BCUT2D eigenvalue weighted by Crippen LogP contribution is 2.24. The van der Waals surface area contributed by atoms with Crippen molar-refractivity contribution in [2.75, 3.05) is 13.2 Å². The minimum Gasteiger partial charge on any atom is -0.389 e.